The summed E-state index contributed by atoms with van der Waals surface area (Å²) in [4.78, 5) is 21.4. The van der Waals surface area contributed by atoms with E-state index in [9.17, 15) is 14.9 Å². The van der Waals surface area contributed by atoms with Gasteiger partial charge in [-0.15, -0.1) is 0 Å². The molecule has 0 saturated carbocycles. The molecule has 0 aliphatic carbocycles. The van der Waals surface area contributed by atoms with Gasteiger partial charge in [0.05, 0.1) is 12.0 Å². The number of nitro groups is 1. The summed E-state index contributed by atoms with van der Waals surface area (Å²) < 4.78 is 5.20. The summed E-state index contributed by atoms with van der Waals surface area (Å²) in [5, 5.41) is 13.9. The first-order chi connectivity index (χ1) is 10.5. The number of carbonyl (C=O) groups is 1. The molecule has 7 heteroatoms. The standard InChI is InChI=1S/C15H15N3O4/c1-22-14-7-6-13(18(20)21)8-11(14)9-17-12-4-2-10(3-5-12)15(16)19/h2-8,17H,9H2,1H3,(H2,16,19). The zero-order valence-electron chi connectivity index (χ0n) is 11.9. The van der Waals surface area contributed by atoms with Gasteiger partial charge in [-0.2, -0.15) is 0 Å². The van der Waals surface area contributed by atoms with Gasteiger partial charge in [0.25, 0.3) is 5.69 Å². The van der Waals surface area contributed by atoms with Crippen LogP contribution >= 0.6 is 0 Å². The van der Waals surface area contributed by atoms with Gasteiger partial charge in [-0.05, 0) is 30.3 Å². The van der Waals surface area contributed by atoms with E-state index in [1.54, 1.807) is 30.3 Å². The maximum absolute atomic E-state index is 11.0. The van der Waals surface area contributed by atoms with Crippen LogP contribution in [0, 0.1) is 10.1 Å². The highest BCUT2D eigenvalue weighted by molar-refractivity contribution is 5.93. The molecular formula is C15H15N3O4. The average molecular weight is 301 g/mol. The second-order valence-corrected chi connectivity index (χ2v) is 4.55. The number of carbonyl (C=O) groups excluding carboxylic acids is 1. The van der Waals surface area contributed by atoms with Crippen molar-refractivity contribution >= 4 is 17.3 Å². The summed E-state index contributed by atoms with van der Waals surface area (Å²) in [6, 6.07) is 11.1. The quantitative estimate of drug-likeness (QED) is 0.629. The number of rotatable bonds is 6. The topological polar surface area (TPSA) is 107 Å². The Hall–Kier alpha value is -3.09. The summed E-state index contributed by atoms with van der Waals surface area (Å²) in [6.45, 7) is 0.348. The van der Waals surface area contributed by atoms with E-state index in [0.29, 0.717) is 23.4 Å². The van der Waals surface area contributed by atoms with Crippen molar-refractivity contribution in [2.75, 3.05) is 12.4 Å². The van der Waals surface area contributed by atoms with Crippen LogP contribution in [0.15, 0.2) is 42.5 Å². The van der Waals surface area contributed by atoms with E-state index in [-0.39, 0.29) is 5.69 Å². The molecule has 0 aliphatic rings. The molecule has 0 unspecified atom stereocenters. The minimum absolute atomic E-state index is 0.00155. The summed E-state index contributed by atoms with van der Waals surface area (Å²) in [7, 11) is 1.51. The minimum atomic E-state index is -0.494. The molecular weight excluding hydrogens is 286 g/mol. The molecule has 114 valence electrons. The number of anilines is 1. The van der Waals surface area contributed by atoms with Crippen LogP contribution in [0.3, 0.4) is 0 Å². The molecule has 2 aromatic rings. The first kappa shape index (κ1) is 15.3. The molecule has 0 aromatic heterocycles. The zero-order valence-corrected chi connectivity index (χ0v) is 11.9. The molecule has 0 bridgehead atoms. The van der Waals surface area contributed by atoms with Gasteiger partial charge in [0.1, 0.15) is 5.75 Å². The molecule has 0 heterocycles. The number of nitrogens with one attached hydrogen (secondary N) is 1. The number of hydrogen-bond donors (Lipinski definition) is 2. The number of nitrogens with zero attached hydrogens (tertiary/aromatic N) is 1. The highest BCUT2D eigenvalue weighted by Gasteiger charge is 2.11. The Balaban J connectivity index is 2.14. The number of benzene rings is 2. The van der Waals surface area contributed by atoms with Gasteiger partial charge in [-0.3, -0.25) is 14.9 Å². The number of amides is 1. The van der Waals surface area contributed by atoms with E-state index >= 15 is 0 Å². The maximum atomic E-state index is 11.0. The molecule has 2 aromatic carbocycles. The monoisotopic (exact) mass is 301 g/mol. The van der Waals surface area contributed by atoms with Crippen molar-refractivity contribution in [1.29, 1.82) is 0 Å². The van der Waals surface area contributed by atoms with Crippen molar-refractivity contribution in [3.63, 3.8) is 0 Å². The fourth-order valence-electron chi connectivity index (χ4n) is 1.97. The summed E-state index contributed by atoms with van der Waals surface area (Å²) in [6.07, 6.45) is 0. The normalized spacial score (nSPS) is 10.0. The summed E-state index contributed by atoms with van der Waals surface area (Å²) >= 11 is 0. The SMILES string of the molecule is COc1ccc([N+](=O)[O-])cc1CNc1ccc(C(N)=O)cc1. The highest BCUT2D eigenvalue weighted by Crippen LogP contribution is 2.25. The highest BCUT2D eigenvalue weighted by atomic mass is 16.6. The molecule has 22 heavy (non-hydrogen) atoms. The van der Waals surface area contributed by atoms with Gasteiger partial charge in [-0.1, -0.05) is 0 Å². The lowest BCUT2D eigenvalue weighted by Crippen LogP contribution is -2.10. The van der Waals surface area contributed by atoms with Gasteiger partial charge in [0.2, 0.25) is 5.91 Å². The van der Waals surface area contributed by atoms with Crippen molar-refractivity contribution in [2.24, 2.45) is 5.73 Å². The maximum Gasteiger partial charge on any atom is 0.270 e. The Morgan fingerprint density at radius 1 is 1.27 bits per heavy atom. The second-order valence-electron chi connectivity index (χ2n) is 4.55. The number of hydrogen-bond acceptors (Lipinski definition) is 5. The lowest BCUT2D eigenvalue weighted by molar-refractivity contribution is -0.384. The molecule has 2 rings (SSSR count). The van der Waals surface area contributed by atoms with E-state index in [1.165, 1.54) is 19.2 Å². The molecule has 3 N–H and O–H groups in total. The van der Waals surface area contributed by atoms with E-state index < -0.39 is 10.8 Å². The van der Waals surface area contributed by atoms with Gasteiger partial charge < -0.3 is 15.8 Å². The smallest absolute Gasteiger partial charge is 0.270 e. The predicted octanol–water partition coefficient (Wildman–Crippen LogP) is 2.31. The van der Waals surface area contributed by atoms with Crippen LogP contribution in [0.25, 0.3) is 0 Å². The van der Waals surface area contributed by atoms with E-state index in [4.69, 9.17) is 10.5 Å². The number of nitro benzene ring substituents is 1. The molecule has 0 spiro atoms. The van der Waals surface area contributed by atoms with Crippen LogP contribution in [-0.4, -0.2) is 17.9 Å². The third-order valence-corrected chi connectivity index (χ3v) is 3.13. The summed E-state index contributed by atoms with van der Waals surface area (Å²) in [5.41, 5.74) is 7.01. The Morgan fingerprint density at radius 3 is 2.50 bits per heavy atom. The van der Waals surface area contributed by atoms with Crippen LogP contribution in [0.2, 0.25) is 0 Å². The summed E-state index contributed by atoms with van der Waals surface area (Å²) in [5.74, 6) is 0.0683. The van der Waals surface area contributed by atoms with Gasteiger partial charge in [0, 0.05) is 35.5 Å². The van der Waals surface area contributed by atoms with E-state index in [1.807, 2.05) is 0 Å². The van der Waals surface area contributed by atoms with Crippen LogP contribution in [0.5, 0.6) is 5.75 Å². The van der Waals surface area contributed by atoms with Crippen molar-refractivity contribution in [3.05, 3.63) is 63.7 Å². The average Bonchev–Trinajstić information content (AvgIpc) is 2.52. The van der Waals surface area contributed by atoms with Crippen molar-refractivity contribution in [3.8, 4) is 5.75 Å². The minimum Gasteiger partial charge on any atom is -0.496 e. The first-order valence-electron chi connectivity index (χ1n) is 6.46. The Morgan fingerprint density at radius 2 is 1.95 bits per heavy atom. The van der Waals surface area contributed by atoms with Gasteiger partial charge in [-0.25, -0.2) is 0 Å². The van der Waals surface area contributed by atoms with Crippen molar-refractivity contribution in [1.82, 2.24) is 0 Å². The van der Waals surface area contributed by atoms with Gasteiger partial charge in [0.15, 0.2) is 0 Å². The molecule has 7 nitrogen and oxygen atoms in total. The van der Waals surface area contributed by atoms with Crippen molar-refractivity contribution in [2.45, 2.75) is 6.54 Å². The molecule has 1 amide bonds. The number of methoxy groups -OCH3 is 1. The fourth-order valence-corrected chi connectivity index (χ4v) is 1.97. The van der Waals surface area contributed by atoms with E-state index in [0.717, 1.165) is 5.69 Å². The molecule has 0 fully saturated rings. The third kappa shape index (κ3) is 3.51. The Bertz CT molecular complexity index is 698. The third-order valence-electron chi connectivity index (χ3n) is 3.13. The van der Waals surface area contributed by atoms with Gasteiger partial charge >= 0.3 is 0 Å². The van der Waals surface area contributed by atoms with Crippen LogP contribution in [0.1, 0.15) is 15.9 Å². The van der Waals surface area contributed by atoms with Crippen molar-refractivity contribution < 1.29 is 14.5 Å². The number of non-ortho nitro benzene ring substituents is 1. The molecule has 0 radical (unpaired) electrons. The lowest BCUT2D eigenvalue weighted by Gasteiger charge is -2.10. The number of primary amides is 1. The molecule has 0 saturated heterocycles. The van der Waals surface area contributed by atoms with Crippen LogP contribution in [0.4, 0.5) is 11.4 Å². The number of nitrogens with two attached hydrogens (primary N) is 1. The predicted molar refractivity (Wildman–Crippen MR) is 81.9 cm³/mol. The van der Waals surface area contributed by atoms with Crippen LogP contribution < -0.4 is 15.8 Å². The van der Waals surface area contributed by atoms with Crippen LogP contribution in [-0.2, 0) is 6.54 Å². The van der Waals surface area contributed by atoms with E-state index in [2.05, 4.69) is 5.32 Å². The largest absolute Gasteiger partial charge is 0.496 e. The zero-order chi connectivity index (χ0) is 16.1. The fraction of sp³-hybridized carbons (Fsp3) is 0.133. The molecule has 0 atom stereocenters. The Kier molecular flexibility index (Phi) is 4.57. The lowest BCUT2D eigenvalue weighted by atomic mass is 10.1. The first-order valence-corrected chi connectivity index (χ1v) is 6.46. The second kappa shape index (κ2) is 6.57. The Labute approximate surface area is 126 Å². The number of ether oxygens (including phenoxy) is 1. The molecule has 0 aliphatic heterocycles.